The van der Waals surface area contributed by atoms with Crippen LogP contribution in [0.2, 0.25) is 0 Å². The summed E-state index contributed by atoms with van der Waals surface area (Å²) in [6, 6.07) is 14.7. The van der Waals surface area contributed by atoms with Gasteiger partial charge in [0.1, 0.15) is 5.56 Å². The lowest BCUT2D eigenvalue weighted by Crippen LogP contribution is -2.27. The zero-order chi connectivity index (χ0) is 16.8. The molecule has 1 amide bonds. The number of hydrogen-bond donors (Lipinski definition) is 1. The predicted molar refractivity (Wildman–Crippen MR) is 93.6 cm³/mol. The van der Waals surface area contributed by atoms with Crippen molar-refractivity contribution >= 4 is 23.4 Å². The first kappa shape index (κ1) is 16.0. The van der Waals surface area contributed by atoms with Crippen molar-refractivity contribution in [2.24, 2.45) is 0 Å². The summed E-state index contributed by atoms with van der Waals surface area (Å²) in [7, 11) is 0. The van der Waals surface area contributed by atoms with Gasteiger partial charge in [0, 0.05) is 34.8 Å². The minimum atomic E-state index is -0.309. The number of pyridine rings is 2. The summed E-state index contributed by atoms with van der Waals surface area (Å²) >= 11 is 1.70. The van der Waals surface area contributed by atoms with E-state index >= 15 is 0 Å². The molecule has 0 saturated carbocycles. The zero-order valence-corrected chi connectivity index (χ0v) is 13.6. The largest absolute Gasteiger partial charge is 0.619 e. The van der Waals surface area contributed by atoms with E-state index in [4.69, 9.17) is 0 Å². The number of nitrogens with zero attached hydrogens (tertiary/aromatic N) is 2. The van der Waals surface area contributed by atoms with Gasteiger partial charge < -0.3 is 10.5 Å². The molecule has 5 nitrogen and oxygen atoms in total. The molecule has 0 aliphatic heterocycles. The van der Waals surface area contributed by atoms with Crippen molar-refractivity contribution in [2.45, 2.75) is 10.6 Å². The number of rotatable bonds is 5. The first-order valence-electron chi connectivity index (χ1n) is 7.33. The van der Waals surface area contributed by atoms with E-state index in [9.17, 15) is 10.0 Å². The van der Waals surface area contributed by atoms with Gasteiger partial charge >= 0.3 is 0 Å². The number of carbonyl (C=O) groups excluding carboxylic acids is 1. The van der Waals surface area contributed by atoms with Gasteiger partial charge in [-0.3, -0.25) is 9.78 Å². The first-order valence-corrected chi connectivity index (χ1v) is 8.31. The molecule has 0 aliphatic carbocycles. The molecule has 0 unspecified atom stereocenters. The summed E-state index contributed by atoms with van der Waals surface area (Å²) in [4.78, 5) is 17.3. The Labute approximate surface area is 144 Å². The Bertz CT molecular complexity index is 823. The number of carbonyl (C=O) groups is 1. The molecular weight excluding hydrogens is 322 g/mol. The standard InChI is InChI=1S/C18H15N3O2S/c22-18(15-4-2-10-21(23)12-15)20-16-5-7-17(8-6-16)24-13-14-3-1-9-19-11-14/h1-12H,13H2,(H,20,22). The fourth-order valence-electron chi connectivity index (χ4n) is 2.08. The number of nitrogens with one attached hydrogen (secondary N) is 1. The summed E-state index contributed by atoms with van der Waals surface area (Å²) in [5.74, 6) is 0.531. The third kappa shape index (κ3) is 4.33. The maximum absolute atomic E-state index is 12.1. The monoisotopic (exact) mass is 337 g/mol. The van der Waals surface area contributed by atoms with Gasteiger partial charge in [-0.25, -0.2) is 0 Å². The quantitative estimate of drug-likeness (QED) is 0.441. The topological polar surface area (TPSA) is 68.9 Å². The summed E-state index contributed by atoms with van der Waals surface area (Å²) in [5, 5.41) is 14.0. The first-order chi connectivity index (χ1) is 11.7. The van der Waals surface area contributed by atoms with E-state index in [-0.39, 0.29) is 5.91 Å². The van der Waals surface area contributed by atoms with E-state index in [2.05, 4.69) is 10.3 Å². The number of benzene rings is 1. The van der Waals surface area contributed by atoms with Crippen LogP contribution < -0.4 is 10.0 Å². The van der Waals surface area contributed by atoms with Gasteiger partial charge in [-0.2, -0.15) is 4.73 Å². The molecular formula is C18H15N3O2S. The lowest BCUT2D eigenvalue weighted by atomic mass is 10.2. The summed E-state index contributed by atoms with van der Waals surface area (Å²) < 4.78 is 0.604. The number of anilines is 1. The van der Waals surface area contributed by atoms with Crippen molar-refractivity contribution in [2.75, 3.05) is 5.32 Å². The predicted octanol–water partition coefficient (Wildman–Crippen LogP) is 3.26. The van der Waals surface area contributed by atoms with Crippen LogP contribution in [0.15, 0.2) is 78.2 Å². The number of hydrogen-bond acceptors (Lipinski definition) is 4. The van der Waals surface area contributed by atoms with Gasteiger partial charge in [-0.1, -0.05) is 6.07 Å². The summed E-state index contributed by atoms with van der Waals surface area (Å²) in [6.07, 6.45) is 6.19. The minimum absolute atomic E-state index is 0.309. The zero-order valence-electron chi connectivity index (χ0n) is 12.8. The second-order valence-electron chi connectivity index (χ2n) is 5.08. The van der Waals surface area contributed by atoms with Crippen LogP contribution in [0, 0.1) is 5.21 Å². The van der Waals surface area contributed by atoms with Crippen molar-refractivity contribution < 1.29 is 9.52 Å². The average Bonchev–Trinajstić information content (AvgIpc) is 2.62. The fraction of sp³-hybridized carbons (Fsp3) is 0.0556. The third-order valence-corrected chi connectivity index (χ3v) is 4.36. The van der Waals surface area contributed by atoms with Gasteiger partial charge in [-0.15, -0.1) is 11.8 Å². The second kappa shape index (κ2) is 7.61. The SMILES string of the molecule is O=C(Nc1ccc(SCc2cccnc2)cc1)c1ccc[n+]([O-])c1. The molecule has 3 aromatic rings. The fourth-order valence-corrected chi connectivity index (χ4v) is 2.91. The van der Waals surface area contributed by atoms with Gasteiger partial charge in [0.25, 0.3) is 5.91 Å². The van der Waals surface area contributed by atoms with Crippen LogP contribution in [0.25, 0.3) is 0 Å². The smallest absolute Gasteiger partial charge is 0.261 e. The Morgan fingerprint density at radius 2 is 2.00 bits per heavy atom. The molecule has 0 spiro atoms. The Morgan fingerprint density at radius 1 is 1.17 bits per heavy atom. The lowest BCUT2D eigenvalue weighted by molar-refractivity contribution is -0.605. The van der Waals surface area contributed by atoms with Crippen molar-refractivity contribution in [3.8, 4) is 0 Å². The van der Waals surface area contributed by atoms with Crippen molar-refractivity contribution in [3.63, 3.8) is 0 Å². The van der Waals surface area contributed by atoms with Crippen LogP contribution in [0.3, 0.4) is 0 Å². The van der Waals surface area contributed by atoms with Crippen molar-refractivity contribution in [3.05, 3.63) is 89.7 Å². The Morgan fingerprint density at radius 3 is 2.71 bits per heavy atom. The van der Waals surface area contributed by atoms with E-state index in [0.29, 0.717) is 16.0 Å². The van der Waals surface area contributed by atoms with Crippen LogP contribution in [-0.2, 0) is 5.75 Å². The van der Waals surface area contributed by atoms with E-state index in [1.54, 1.807) is 30.1 Å². The molecule has 1 N–H and O–H groups in total. The normalized spacial score (nSPS) is 10.3. The summed E-state index contributed by atoms with van der Waals surface area (Å²) in [5.41, 5.74) is 2.17. The minimum Gasteiger partial charge on any atom is -0.619 e. The molecule has 0 aliphatic rings. The van der Waals surface area contributed by atoms with E-state index in [1.807, 2.05) is 42.6 Å². The number of aromatic nitrogens is 2. The molecule has 0 fully saturated rings. The molecule has 1 aromatic carbocycles. The maximum atomic E-state index is 12.1. The average molecular weight is 337 g/mol. The molecule has 0 saturated heterocycles. The van der Waals surface area contributed by atoms with Crippen molar-refractivity contribution in [1.29, 1.82) is 0 Å². The molecule has 0 radical (unpaired) electrons. The molecule has 2 heterocycles. The molecule has 24 heavy (non-hydrogen) atoms. The highest BCUT2D eigenvalue weighted by Gasteiger charge is 2.09. The highest BCUT2D eigenvalue weighted by atomic mass is 32.2. The number of amides is 1. The summed E-state index contributed by atoms with van der Waals surface area (Å²) in [6.45, 7) is 0. The Balaban J connectivity index is 1.59. The van der Waals surface area contributed by atoms with E-state index < -0.39 is 0 Å². The molecule has 3 rings (SSSR count). The van der Waals surface area contributed by atoms with Gasteiger partial charge in [0.05, 0.1) is 0 Å². The molecule has 120 valence electrons. The molecule has 0 atom stereocenters. The van der Waals surface area contributed by atoms with E-state index in [0.717, 1.165) is 16.2 Å². The van der Waals surface area contributed by atoms with Crippen LogP contribution in [-0.4, -0.2) is 10.9 Å². The van der Waals surface area contributed by atoms with Crippen LogP contribution in [0.4, 0.5) is 5.69 Å². The molecule has 2 aromatic heterocycles. The van der Waals surface area contributed by atoms with Gasteiger partial charge in [0.15, 0.2) is 12.4 Å². The van der Waals surface area contributed by atoms with Crippen LogP contribution >= 0.6 is 11.8 Å². The van der Waals surface area contributed by atoms with Crippen LogP contribution in [0.5, 0.6) is 0 Å². The molecule has 6 heteroatoms. The van der Waals surface area contributed by atoms with Gasteiger partial charge in [0.2, 0.25) is 0 Å². The number of thioether (sulfide) groups is 1. The Hall–Kier alpha value is -2.86. The Kier molecular flexibility index (Phi) is 5.08. The second-order valence-corrected chi connectivity index (χ2v) is 6.13. The van der Waals surface area contributed by atoms with Crippen molar-refractivity contribution in [1.82, 2.24) is 4.98 Å². The third-order valence-electron chi connectivity index (χ3n) is 3.28. The van der Waals surface area contributed by atoms with Crippen LogP contribution in [0.1, 0.15) is 15.9 Å². The lowest BCUT2D eigenvalue weighted by Gasteiger charge is -2.06. The molecule has 0 bridgehead atoms. The highest BCUT2D eigenvalue weighted by Crippen LogP contribution is 2.24. The highest BCUT2D eigenvalue weighted by molar-refractivity contribution is 7.98. The van der Waals surface area contributed by atoms with Gasteiger partial charge in [-0.05, 0) is 42.0 Å². The maximum Gasteiger partial charge on any atom is 0.261 e. The van der Waals surface area contributed by atoms with E-state index in [1.165, 1.54) is 12.4 Å².